The Labute approximate surface area is 438 Å². The normalized spacial score (nSPS) is 22.9. The molecule has 2 saturated carbocycles. The van der Waals surface area contributed by atoms with Crippen LogP contribution in [0, 0.1) is 17.8 Å². The molecular formula is C54H65N11O7S2. The highest BCUT2D eigenvalue weighted by atomic mass is 32.1. The lowest BCUT2D eigenvalue weighted by atomic mass is 9.64. The first-order chi connectivity index (χ1) is 35.6. The van der Waals surface area contributed by atoms with Crippen molar-refractivity contribution >= 4 is 40.3 Å². The first-order valence-electron chi connectivity index (χ1n) is 26.2. The number of thiazole rings is 2. The highest BCUT2D eigenvalue weighted by Gasteiger charge is 2.50. The van der Waals surface area contributed by atoms with E-state index in [-0.39, 0.29) is 47.9 Å². The molecule has 2 aliphatic heterocycles. The van der Waals surface area contributed by atoms with Crippen molar-refractivity contribution in [1.82, 2.24) is 55.2 Å². The Balaban J connectivity index is 0.719. The van der Waals surface area contributed by atoms with E-state index in [0.29, 0.717) is 47.3 Å². The number of benzene rings is 1. The van der Waals surface area contributed by atoms with Crippen LogP contribution in [0.1, 0.15) is 145 Å². The second-order valence-corrected chi connectivity index (χ2v) is 24.1. The van der Waals surface area contributed by atoms with E-state index in [1.54, 1.807) is 28.3 Å². The minimum Gasteiger partial charge on any atom is -0.477 e. The Hall–Kier alpha value is -5.96. The minimum absolute atomic E-state index is 0.0262. The number of aryl methyl sites for hydroxylation is 1. The number of Topliss-reactive ketones (excluding diaryl/α,β-unsaturated/α-hetero) is 1. The van der Waals surface area contributed by atoms with Gasteiger partial charge < -0.3 is 34.2 Å². The van der Waals surface area contributed by atoms with Gasteiger partial charge in [-0.05, 0) is 101 Å². The zero-order valence-electron chi connectivity index (χ0n) is 42.8. The number of nitrogens with one attached hydrogen (secondary N) is 1. The third-order valence-corrected chi connectivity index (χ3v) is 17.7. The number of likely N-dealkylation sites (tertiary alicyclic amines) is 2. The van der Waals surface area contributed by atoms with Gasteiger partial charge in [0, 0.05) is 60.6 Å². The van der Waals surface area contributed by atoms with Gasteiger partial charge >= 0.3 is 0 Å². The van der Waals surface area contributed by atoms with Gasteiger partial charge in [0.2, 0.25) is 23.6 Å². The molecule has 390 valence electrons. The van der Waals surface area contributed by atoms with Gasteiger partial charge in [-0.1, -0.05) is 73.2 Å². The largest absolute Gasteiger partial charge is 0.477 e. The third kappa shape index (κ3) is 10.1. The summed E-state index contributed by atoms with van der Waals surface area (Å²) in [6.45, 7) is 13.1. The van der Waals surface area contributed by atoms with Gasteiger partial charge in [0.05, 0.1) is 52.0 Å². The van der Waals surface area contributed by atoms with Crippen LogP contribution in [-0.4, -0.2) is 118 Å². The van der Waals surface area contributed by atoms with Crippen molar-refractivity contribution in [2.45, 2.75) is 147 Å². The van der Waals surface area contributed by atoms with Gasteiger partial charge in [0.15, 0.2) is 17.3 Å². The first-order valence-corrected chi connectivity index (χ1v) is 28.0. The number of rotatable bonds is 15. The molecule has 0 bridgehead atoms. The Morgan fingerprint density at radius 1 is 1.00 bits per heavy atom. The maximum atomic E-state index is 14.7. The molecular weight excluding hydrogens is 979 g/mol. The van der Waals surface area contributed by atoms with Crippen LogP contribution in [0.15, 0.2) is 58.1 Å². The lowest BCUT2D eigenvalue weighted by molar-refractivity contribution is -0.144. The molecule has 20 heteroatoms. The molecule has 5 atom stereocenters. The van der Waals surface area contributed by atoms with Crippen LogP contribution < -0.4 is 14.8 Å². The summed E-state index contributed by atoms with van der Waals surface area (Å²) < 4.78 is 20.4. The predicted octanol–water partition coefficient (Wildman–Crippen LogP) is 8.59. The van der Waals surface area contributed by atoms with Crippen molar-refractivity contribution in [2.24, 2.45) is 10.8 Å². The molecule has 0 unspecified atom stereocenters. The summed E-state index contributed by atoms with van der Waals surface area (Å²) in [6, 6.07) is 7.89. The number of β-amino-alcohol motifs (C(OH)–C–C–N with tert-alkyl or cyclic N) is 1. The van der Waals surface area contributed by atoms with E-state index >= 15 is 0 Å². The Kier molecular flexibility index (Phi) is 13.8. The van der Waals surface area contributed by atoms with Crippen molar-refractivity contribution < 1.29 is 33.5 Å². The number of hydrogen-bond donors (Lipinski definition) is 2. The molecule has 7 heterocycles. The topological polar surface area (TPSA) is 217 Å². The van der Waals surface area contributed by atoms with Crippen molar-refractivity contribution in [1.29, 1.82) is 0 Å². The number of nitrogens with zero attached hydrogens (tertiary/aromatic N) is 10. The summed E-state index contributed by atoms with van der Waals surface area (Å²) in [6.07, 6.45) is 12.4. The van der Waals surface area contributed by atoms with Gasteiger partial charge in [-0.2, -0.15) is 9.97 Å². The minimum atomic E-state index is -0.831. The van der Waals surface area contributed by atoms with Crippen LogP contribution in [-0.2, 0) is 26.2 Å². The number of fused-ring (bicyclic) bond motifs is 2. The Bertz CT molecular complexity index is 2990. The summed E-state index contributed by atoms with van der Waals surface area (Å²) in [5.74, 6) is 1.54. The Morgan fingerprint density at radius 2 is 1.78 bits per heavy atom. The summed E-state index contributed by atoms with van der Waals surface area (Å²) in [7, 11) is 0. The zero-order valence-corrected chi connectivity index (χ0v) is 44.4. The molecule has 3 aliphatic carbocycles. The molecule has 2 amide bonds. The maximum Gasteiger partial charge on any atom is 0.279 e. The quantitative estimate of drug-likeness (QED) is 0.0985. The molecule has 5 aliphatic rings. The number of piperidine rings is 1. The van der Waals surface area contributed by atoms with E-state index in [1.165, 1.54) is 16.2 Å². The number of hydrogen-bond acceptors (Lipinski definition) is 17. The molecule has 0 radical (unpaired) electrons. The van der Waals surface area contributed by atoms with Crippen LogP contribution >= 0.6 is 22.7 Å². The molecule has 6 aromatic rings. The number of aliphatic hydroxyl groups excluding tert-OH is 1. The summed E-state index contributed by atoms with van der Waals surface area (Å²) in [5, 5.41) is 30.0. The fraction of sp³-hybridized carbons (Fsp3) is 0.556. The smallest absolute Gasteiger partial charge is 0.279 e. The first kappa shape index (κ1) is 50.2. The molecule has 18 nitrogen and oxygen atoms in total. The zero-order chi connectivity index (χ0) is 51.4. The molecule has 5 aromatic heterocycles. The van der Waals surface area contributed by atoms with E-state index in [1.807, 2.05) is 76.0 Å². The molecule has 1 spiro atoms. The number of aliphatic hydroxyl groups is 1. The summed E-state index contributed by atoms with van der Waals surface area (Å²) in [4.78, 5) is 65.5. The number of ketones is 1. The third-order valence-electron chi connectivity index (χ3n) is 16.1. The van der Waals surface area contributed by atoms with Crippen molar-refractivity contribution in [3.8, 4) is 38.9 Å². The summed E-state index contributed by atoms with van der Waals surface area (Å²) >= 11 is 2.96. The fourth-order valence-electron chi connectivity index (χ4n) is 11.8. The molecule has 74 heavy (non-hydrogen) atoms. The molecule has 4 fully saturated rings. The predicted molar refractivity (Wildman–Crippen MR) is 277 cm³/mol. The average Bonchev–Trinajstić information content (AvgIpc) is 4.07. The highest BCUT2D eigenvalue weighted by molar-refractivity contribution is 7.13. The van der Waals surface area contributed by atoms with E-state index in [9.17, 15) is 19.5 Å². The molecule has 11 rings (SSSR count). The van der Waals surface area contributed by atoms with E-state index < -0.39 is 29.0 Å². The number of carbonyl (C=O) groups is 3. The van der Waals surface area contributed by atoms with Gasteiger partial charge in [0.25, 0.3) is 5.19 Å². The fourth-order valence-corrected chi connectivity index (χ4v) is 13.1. The monoisotopic (exact) mass is 1040 g/mol. The van der Waals surface area contributed by atoms with E-state index in [4.69, 9.17) is 24.0 Å². The second kappa shape index (κ2) is 20.3. The van der Waals surface area contributed by atoms with Crippen molar-refractivity contribution in [3.63, 3.8) is 0 Å². The van der Waals surface area contributed by atoms with E-state index in [2.05, 4.69) is 35.7 Å². The van der Waals surface area contributed by atoms with Crippen LogP contribution in [0.2, 0.25) is 0 Å². The number of ether oxygens (including phenoxy) is 2. The van der Waals surface area contributed by atoms with Gasteiger partial charge in [-0.15, -0.1) is 16.4 Å². The van der Waals surface area contributed by atoms with Gasteiger partial charge in [-0.25, -0.2) is 14.6 Å². The van der Waals surface area contributed by atoms with Crippen molar-refractivity contribution in [3.05, 3.63) is 81.9 Å². The molecule has 2 N–H and O–H groups in total. The lowest BCUT2D eigenvalue weighted by Crippen LogP contribution is -2.50. The maximum absolute atomic E-state index is 14.7. The lowest BCUT2D eigenvalue weighted by Gasteiger charge is -2.36. The SMILES string of the molecule is Cc1ncsc1-c1ccc([C@H](C)NC(=O)[C@@H]2C[C@@H](O)CN2C(=O)[C@@H](n2cc(C3CCN(CC4(COc5cc(Oc6nccs6)nc(-c6noc7c6CCC[C@@]76CCCCC6=O)n5)CC4)CC3)nn2)C(C)(C)C)cc1. The molecule has 1 aromatic carbocycles. The number of amides is 2. The highest BCUT2D eigenvalue weighted by Crippen LogP contribution is 2.49. The standard InChI is InChI=1S/C54H65N11O7S2/c1-32(34-11-13-36(14-12-34)45-33(2)56-31-74-45)57-49(68)40-25-37(66)27-64(40)50(69)46(52(3,4)5)65-28-39(60-62-65)35-15-22-63(23-16-35)29-53(19-20-53)30-70-42-26-43(71-51-55-21-24-73-51)59-48(58-42)44-38-9-8-18-54(47(38)72-61-44)17-7-6-10-41(54)67/h11-14,21,24,26,28,31-32,35,37,40,46,66H,6-10,15-20,22-23,25,27,29-30H2,1-5H3,(H,57,68)/t32-,37+,40-,46+,54+/m0/s1. The van der Waals surface area contributed by atoms with Crippen LogP contribution in [0.3, 0.4) is 0 Å². The summed E-state index contributed by atoms with van der Waals surface area (Å²) in [5.41, 5.74) is 5.89. The number of carbonyl (C=O) groups excluding carboxylic acids is 3. The van der Waals surface area contributed by atoms with Gasteiger partial charge in [-0.3, -0.25) is 14.4 Å². The van der Waals surface area contributed by atoms with Crippen LogP contribution in [0.4, 0.5) is 0 Å². The van der Waals surface area contributed by atoms with Crippen molar-refractivity contribution in [2.75, 3.05) is 32.8 Å². The van der Waals surface area contributed by atoms with Crippen LogP contribution in [0.5, 0.6) is 17.0 Å². The van der Waals surface area contributed by atoms with Gasteiger partial charge in [0.1, 0.15) is 17.9 Å². The van der Waals surface area contributed by atoms with E-state index in [0.717, 1.165) is 117 Å². The average molecular weight is 1040 g/mol. The second-order valence-electron chi connectivity index (χ2n) is 22.4. The molecule has 2 saturated heterocycles. The van der Waals surface area contributed by atoms with Crippen LogP contribution in [0.25, 0.3) is 22.0 Å². The Morgan fingerprint density at radius 3 is 2.50 bits per heavy atom. The number of aromatic nitrogens is 8.